The molecule has 0 unspecified atom stereocenters. The number of anilines is 1. The van der Waals surface area contributed by atoms with Gasteiger partial charge in [0.15, 0.2) is 0 Å². The van der Waals surface area contributed by atoms with Crippen LogP contribution in [0.5, 0.6) is 0 Å². The summed E-state index contributed by atoms with van der Waals surface area (Å²) in [6, 6.07) is 5.75. The first-order valence-electron chi connectivity index (χ1n) is 7.50. The zero-order valence-corrected chi connectivity index (χ0v) is 13.9. The average Bonchev–Trinajstić information content (AvgIpc) is 2.91. The monoisotopic (exact) mass is 326 g/mol. The molecule has 0 aliphatic carbocycles. The van der Waals surface area contributed by atoms with Crippen molar-refractivity contribution in [2.75, 3.05) is 19.0 Å². The van der Waals surface area contributed by atoms with Crippen molar-refractivity contribution in [3.05, 3.63) is 35.2 Å². The van der Waals surface area contributed by atoms with Gasteiger partial charge in [0, 0.05) is 14.1 Å². The second kappa shape index (κ2) is 6.22. The van der Waals surface area contributed by atoms with Gasteiger partial charge in [-0.05, 0) is 29.5 Å². The molecule has 126 valence electrons. The van der Waals surface area contributed by atoms with E-state index in [9.17, 15) is 13.2 Å². The van der Waals surface area contributed by atoms with E-state index in [0.29, 0.717) is 5.69 Å². The van der Waals surface area contributed by atoms with E-state index in [4.69, 9.17) is 0 Å². The van der Waals surface area contributed by atoms with Gasteiger partial charge in [0.25, 0.3) is 5.82 Å². The Hall–Kier alpha value is -2.05. The average molecular weight is 326 g/mol. The molecule has 0 amide bonds. The predicted octanol–water partition coefficient (Wildman–Crippen LogP) is 4.04. The topological polar surface area (TPSA) is 34.0 Å². The molecule has 2 rings (SSSR count). The van der Waals surface area contributed by atoms with Crippen molar-refractivity contribution in [2.45, 2.75) is 39.3 Å². The molecule has 0 N–H and O–H groups in total. The number of alkyl halides is 3. The van der Waals surface area contributed by atoms with Gasteiger partial charge in [-0.1, -0.05) is 32.9 Å². The molecule has 0 saturated heterocycles. The van der Waals surface area contributed by atoms with Crippen LogP contribution in [0.1, 0.15) is 43.6 Å². The molecule has 4 nitrogen and oxygen atoms in total. The first-order chi connectivity index (χ1) is 10.6. The van der Waals surface area contributed by atoms with E-state index in [0.717, 1.165) is 17.5 Å². The third kappa shape index (κ3) is 3.48. The summed E-state index contributed by atoms with van der Waals surface area (Å²) in [7, 11) is 3.30. The fraction of sp³-hybridized carbons (Fsp3) is 0.500. The van der Waals surface area contributed by atoms with Gasteiger partial charge in [0.1, 0.15) is 0 Å². The minimum absolute atomic E-state index is 0.156. The lowest BCUT2D eigenvalue weighted by atomic mass is 9.98. The highest BCUT2D eigenvalue weighted by Gasteiger charge is 2.37. The molecule has 0 aliphatic rings. The molecular formula is C16H21F3N4. The molecule has 1 aromatic carbocycles. The molecule has 0 fully saturated rings. The Morgan fingerprint density at radius 3 is 2.35 bits per heavy atom. The molecule has 1 aromatic heterocycles. The lowest BCUT2D eigenvalue weighted by Gasteiger charge is -2.18. The van der Waals surface area contributed by atoms with Crippen LogP contribution in [0.15, 0.2) is 18.2 Å². The van der Waals surface area contributed by atoms with Crippen LogP contribution < -0.4 is 4.90 Å². The van der Waals surface area contributed by atoms with Crippen LogP contribution in [0.25, 0.3) is 5.69 Å². The zero-order chi connectivity index (χ0) is 17.4. The van der Waals surface area contributed by atoms with Crippen LogP contribution in [0.4, 0.5) is 19.1 Å². The fourth-order valence-electron chi connectivity index (χ4n) is 2.35. The standard InChI is InChI=1S/C16H21F3N4/c1-6-11-7-8-13(12(9-11)10(2)3)23-15(22(4)5)20-14(21-23)16(17,18)19/h7-10H,6H2,1-5H3. The smallest absolute Gasteiger partial charge is 0.347 e. The van der Waals surface area contributed by atoms with Crippen molar-refractivity contribution >= 4 is 5.95 Å². The van der Waals surface area contributed by atoms with Crippen LogP contribution in [0.3, 0.4) is 0 Å². The molecule has 23 heavy (non-hydrogen) atoms. The summed E-state index contributed by atoms with van der Waals surface area (Å²) >= 11 is 0. The van der Waals surface area contributed by atoms with Gasteiger partial charge in [-0.2, -0.15) is 22.8 Å². The van der Waals surface area contributed by atoms with Crippen molar-refractivity contribution in [2.24, 2.45) is 0 Å². The summed E-state index contributed by atoms with van der Waals surface area (Å²) in [6.45, 7) is 6.06. The molecule has 0 bridgehead atoms. The van der Waals surface area contributed by atoms with E-state index in [1.807, 2.05) is 39.0 Å². The van der Waals surface area contributed by atoms with Crippen LogP contribution in [0.2, 0.25) is 0 Å². The molecule has 0 aliphatic heterocycles. The van der Waals surface area contributed by atoms with Gasteiger partial charge in [0.2, 0.25) is 5.95 Å². The van der Waals surface area contributed by atoms with Gasteiger partial charge in [-0.3, -0.25) is 0 Å². The second-order valence-electron chi connectivity index (χ2n) is 5.94. The summed E-state index contributed by atoms with van der Waals surface area (Å²) in [5.41, 5.74) is 2.72. The van der Waals surface area contributed by atoms with Crippen LogP contribution >= 0.6 is 0 Å². The molecule has 2 aromatic rings. The Bertz CT molecular complexity index is 687. The van der Waals surface area contributed by atoms with Crippen molar-refractivity contribution in [1.82, 2.24) is 14.8 Å². The van der Waals surface area contributed by atoms with Gasteiger partial charge in [-0.15, -0.1) is 5.10 Å². The summed E-state index contributed by atoms with van der Waals surface area (Å²) in [5, 5.41) is 3.71. The van der Waals surface area contributed by atoms with Gasteiger partial charge in [0.05, 0.1) is 5.69 Å². The SMILES string of the molecule is CCc1ccc(-n2nc(C(F)(F)F)nc2N(C)C)c(C(C)C)c1. The highest BCUT2D eigenvalue weighted by atomic mass is 19.4. The molecule has 0 spiro atoms. The van der Waals surface area contributed by atoms with Gasteiger partial charge in [-0.25, -0.2) is 0 Å². The number of hydrogen-bond acceptors (Lipinski definition) is 3. The minimum atomic E-state index is -4.57. The molecule has 1 heterocycles. The number of benzene rings is 1. The summed E-state index contributed by atoms with van der Waals surface area (Å²) in [5.74, 6) is -0.816. The number of nitrogens with zero attached hydrogens (tertiary/aromatic N) is 4. The quantitative estimate of drug-likeness (QED) is 0.850. The van der Waals surface area contributed by atoms with E-state index in [1.54, 1.807) is 14.1 Å². The Kier molecular flexibility index (Phi) is 4.68. The molecule has 0 saturated carbocycles. The van der Waals surface area contributed by atoms with Crippen molar-refractivity contribution in [3.63, 3.8) is 0 Å². The fourth-order valence-corrected chi connectivity index (χ4v) is 2.35. The number of aromatic nitrogens is 3. The van der Waals surface area contributed by atoms with E-state index < -0.39 is 12.0 Å². The van der Waals surface area contributed by atoms with Gasteiger partial charge >= 0.3 is 6.18 Å². The predicted molar refractivity (Wildman–Crippen MR) is 84.2 cm³/mol. The van der Waals surface area contributed by atoms with Crippen molar-refractivity contribution < 1.29 is 13.2 Å². The third-order valence-corrected chi connectivity index (χ3v) is 3.59. The highest BCUT2D eigenvalue weighted by molar-refractivity contribution is 5.49. The maximum atomic E-state index is 13.0. The summed E-state index contributed by atoms with van der Waals surface area (Å²) in [6.07, 6.45) is -3.71. The maximum Gasteiger partial charge on any atom is 0.453 e. The molecular weight excluding hydrogens is 305 g/mol. The van der Waals surface area contributed by atoms with Crippen molar-refractivity contribution in [3.8, 4) is 5.69 Å². The number of halogens is 3. The number of hydrogen-bond donors (Lipinski definition) is 0. The van der Waals surface area contributed by atoms with E-state index >= 15 is 0 Å². The van der Waals surface area contributed by atoms with Crippen LogP contribution in [-0.2, 0) is 12.6 Å². The van der Waals surface area contributed by atoms with Gasteiger partial charge < -0.3 is 4.90 Å². The first-order valence-corrected chi connectivity index (χ1v) is 7.50. The number of rotatable bonds is 4. The maximum absolute atomic E-state index is 13.0. The molecule has 0 atom stereocenters. The molecule has 0 radical (unpaired) electrons. The summed E-state index contributed by atoms with van der Waals surface area (Å²) in [4.78, 5) is 5.18. The zero-order valence-electron chi connectivity index (χ0n) is 13.9. The highest BCUT2D eigenvalue weighted by Crippen LogP contribution is 2.31. The lowest BCUT2D eigenvalue weighted by Crippen LogP contribution is -2.16. The largest absolute Gasteiger partial charge is 0.453 e. The van der Waals surface area contributed by atoms with E-state index in [1.165, 1.54) is 9.58 Å². The van der Waals surface area contributed by atoms with Crippen LogP contribution in [0, 0.1) is 0 Å². The van der Waals surface area contributed by atoms with E-state index in [-0.39, 0.29) is 11.9 Å². The normalized spacial score (nSPS) is 12.0. The Morgan fingerprint density at radius 2 is 1.87 bits per heavy atom. The molecule has 7 heteroatoms. The second-order valence-corrected chi connectivity index (χ2v) is 5.94. The van der Waals surface area contributed by atoms with Crippen LogP contribution in [-0.4, -0.2) is 28.9 Å². The Balaban J connectivity index is 2.68. The Morgan fingerprint density at radius 1 is 1.22 bits per heavy atom. The minimum Gasteiger partial charge on any atom is -0.347 e. The number of aryl methyl sites for hydroxylation is 1. The third-order valence-electron chi connectivity index (χ3n) is 3.59. The first kappa shape index (κ1) is 17.3. The summed E-state index contributed by atoms with van der Waals surface area (Å²) < 4.78 is 40.2. The van der Waals surface area contributed by atoms with Crippen molar-refractivity contribution in [1.29, 1.82) is 0 Å². The Labute approximate surface area is 133 Å². The van der Waals surface area contributed by atoms with E-state index in [2.05, 4.69) is 10.1 Å². The lowest BCUT2D eigenvalue weighted by molar-refractivity contribution is -0.144.